The minimum absolute atomic E-state index is 0.175. The lowest BCUT2D eigenvalue weighted by atomic mass is 10.2. The van der Waals surface area contributed by atoms with Gasteiger partial charge in [0.1, 0.15) is 12.7 Å². The molecule has 2 atom stereocenters. The largest absolute Gasteiger partial charge is 0.445 e. The molecule has 0 spiro atoms. The van der Waals surface area contributed by atoms with Crippen LogP contribution in [0.15, 0.2) is 30.3 Å². The van der Waals surface area contributed by atoms with Gasteiger partial charge in [-0.3, -0.25) is 0 Å². The van der Waals surface area contributed by atoms with Gasteiger partial charge in [0.2, 0.25) is 0 Å². The third kappa shape index (κ3) is 4.04. The van der Waals surface area contributed by atoms with E-state index in [-0.39, 0.29) is 12.2 Å². The van der Waals surface area contributed by atoms with E-state index in [4.69, 9.17) is 9.47 Å². The predicted octanol–water partition coefficient (Wildman–Crippen LogP) is 2.48. The van der Waals surface area contributed by atoms with Crippen LogP contribution in [0.25, 0.3) is 0 Å². The van der Waals surface area contributed by atoms with E-state index in [2.05, 4.69) is 12.2 Å². The molecule has 4 heteroatoms. The Labute approximate surface area is 107 Å². The van der Waals surface area contributed by atoms with E-state index < -0.39 is 0 Å². The molecule has 1 amide bonds. The topological polar surface area (TPSA) is 50.9 Å². The van der Waals surface area contributed by atoms with Gasteiger partial charge >= 0.3 is 6.09 Å². The van der Waals surface area contributed by atoms with Crippen molar-refractivity contribution in [2.75, 3.05) is 6.54 Å². The zero-order valence-corrected chi connectivity index (χ0v) is 10.6. The highest BCUT2D eigenvalue weighted by Gasteiger charge is 2.37. The lowest BCUT2D eigenvalue weighted by molar-refractivity contribution is 0.139. The summed E-state index contributed by atoms with van der Waals surface area (Å²) in [6, 6.07) is 9.62. The van der Waals surface area contributed by atoms with E-state index in [9.17, 15) is 4.79 Å². The van der Waals surface area contributed by atoms with Crippen molar-refractivity contribution in [2.45, 2.75) is 38.6 Å². The number of hydrogen-bond donors (Lipinski definition) is 1. The lowest BCUT2D eigenvalue weighted by Crippen LogP contribution is -2.28. The van der Waals surface area contributed by atoms with Crippen molar-refractivity contribution in [3.05, 3.63) is 35.9 Å². The summed E-state index contributed by atoms with van der Waals surface area (Å²) in [6.45, 7) is 2.97. The summed E-state index contributed by atoms with van der Waals surface area (Å²) in [5.41, 5.74) is 0.985. The number of epoxide rings is 1. The number of ether oxygens (including phenoxy) is 2. The second-order valence-electron chi connectivity index (χ2n) is 4.44. The van der Waals surface area contributed by atoms with Gasteiger partial charge in [0.15, 0.2) is 0 Å². The third-order valence-electron chi connectivity index (χ3n) is 2.92. The molecule has 1 unspecified atom stereocenters. The Balaban J connectivity index is 1.59. The number of amides is 1. The predicted molar refractivity (Wildman–Crippen MR) is 68.2 cm³/mol. The molecule has 1 aromatic rings. The first-order chi connectivity index (χ1) is 8.79. The van der Waals surface area contributed by atoms with Crippen molar-refractivity contribution < 1.29 is 14.3 Å². The van der Waals surface area contributed by atoms with Crippen LogP contribution in [0, 0.1) is 0 Å². The Kier molecular flexibility index (Phi) is 4.59. The van der Waals surface area contributed by atoms with Crippen molar-refractivity contribution in [3.8, 4) is 0 Å². The highest BCUT2D eigenvalue weighted by Crippen LogP contribution is 2.25. The summed E-state index contributed by atoms with van der Waals surface area (Å²) in [6.07, 6.45) is 2.29. The van der Waals surface area contributed by atoms with Gasteiger partial charge in [-0.05, 0) is 12.0 Å². The lowest BCUT2D eigenvalue weighted by Gasteiger charge is -2.05. The Bertz CT molecular complexity index is 380. The highest BCUT2D eigenvalue weighted by atomic mass is 16.6. The first-order valence-electron chi connectivity index (χ1n) is 6.39. The number of nitrogens with one attached hydrogen (secondary N) is 1. The number of hydrogen-bond acceptors (Lipinski definition) is 3. The van der Waals surface area contributed by atoms with E-state index in [1.165, 1.54) is 0 Å². The van der Waals surface area contributed by atoms with E-state index in [0.29, 0.717) is 19.3 Å². The minimum Gasteiger partial charge on any atom is -0.445 e. The molecule has 4 nitrogen and oxygen atoms in total. The molecule has 1 saturated heterocycles. The summed E-state index contributed by atoms with van der Waals surface area (Å²) >= 11 is 0. The van der Waals surface area contributed by atoms with Gasteiger partial charge in [0.05, 0.1) is 6.10 Å². The molecule has 1 N–H and O–H groups in total. The van der Waals surface area contributed by atoms with Gasteiger partial charge in [0.25, 0.3) is 0 Å². The molecule has 0 radical (unpaired) electrons. The number of rotatable bonds is 6. The number of alkyl carbamates (subject to hydrolysis) is 1. The summed E-state index contributed by atoms with van der Waals surface area (Å²) < 4.78 is 10.5. The van der Waals surface area contributed by atoms with Crippen molar-refractivity contribution in [2.24, 2.45) is 0 Å². The Hall–Kier alpha value is -1.55. The van der Waals surface area contributed by atoms with Gasteiger partial charge in [-0.15, -0.1) is 0 Å². The highest BCUT2D eigenvalue weighted by molar-refractivity contribution is 5.67. The molecule has 1 aliphatic heterocycles. The molecular formula is C14H19NO3. The maximum absolute atomic E-state index is 11.4. The molecule has 1 aliphatic rings. The van der Waals surface area contributed by atoms with Gasteiger partial charge in [0, 0.05) is 6.54 Å². The maximum Gasteiger partial charge on any atom is 0.407 e. The molecule has 98 valence electrons. The molecule has 1 fully saturated rings. The second kappa shape index (κ2) is 6.40. The Morgan fingerprint density at radius 2 is 2.11 bits per heavy atom. The van der Waals surface area contributed by atoms with Crippen LogP contribution in [-0.2, 0) is 16.1 Å². The molecule has 0 bridgehead atoms. The minimum atomic E-state index is -0.385. The quantitative estimate of drug-likeness (QED) is 0.788. The van der Waals surface area contributed by atoms with Crippen molar-refractivity contribution >= 4 is 6.09 Å². The Morgan fingerprint density at radius 3 is 2.83 bits per heavy atom. The first kappa shape index (κ1) is 12.9. The number of carbonyl (C=O) groups is 1. The van der Waals surface area contributed by atoms with Gasteiger partial charge in [-0.25, -0.2) is 4.79 Å². The second-order valence-corrected chi connectivity index (χ2v) is 4.44. The van der Waals surface area contributed by atoms with Crippen LogP contribution >= 0.6 is 0 Å². The van der Waals surface area contributed by atoms with Crippen molar-refractivity contribution in [1.82, 2.24) is 5.32 Å². The van der Waals surface area contributed by atoms with E-state index >= 15 is 0 Å². The molecule has 2 rings (SSSR count). The monoisotopic (exact) mass is 249 g/mol. The van der Waals surface area contributed by atoms with Crippen LogP contribution in [0.5, 0.6) is 0 Å². The summed E-state index contributed by atoms with van der Waals surface area (Å²) in [5, 5.41) is 2.72. The molecule has 0 saturated carbocycles. The molecule has 1 aromatic carbocycles. The number of benzene rings is 1. The summed E-state index contributed by atoms with van der Waals surface area (Å²) in [7, 11) is 0. The summed E-state index contributed by atoms with van der Waals surface area (Å²) in [5.74, 6) is 0. The first-order valence-corrected chi connectivity index (χ1v) is 6.39. The van der Waals surface area contributed by atoms with Crippen LogP contribution in [0.3, 0.4) is 0 Å². The zero-order valence-electron chi connectivity index (χ0n) is 10.6. The normalized spacial score (nSPS) is 21.4. The van der Waals surface area contributed by atoms with Crippen LogP contribution in [-0.4, -0.2) is 24.8 Å². The molecule has 18 heavy (non-hydrogen) atoms. The van der Waals surface area contributed by atoms with E-state index in [1.807, 2.05) is 30.3 Å². The van der Waals surface area contributed by atoms with E-state index in [1.54, 1.807) is 0 Å². The van der Waals surface area contributed by atoms with Crippen molar-refractivity contribution in [3.63, 3.8) is 0 Å². The average molecular weight is 249 g/mol. The fourth-order valence-electron chi connectivity index (χ4n) is 1.86. The molecular weight excluding hydrogens is 230 g/mol. The van der Waals surface area contributed by atoms with Crippen molar-refractivity contribution in [1.29, 1.82) is 0 Å². The van der Waals surface area contributed by atoms with Crippen LogP contribution in [0.2, 0.25) is 0 Å². The Morgan fingerprint density at radius 1 is 1.33 bits per heavy atom. The zero-order chi connectivity index (χ0) is 12.8. The van der Waals surface area contributed by atoms with Gasteiger partial charge in [-0.2, -0.15) is 0 Å². The van der Waals surface area contributed by atoms with Crippen LogP contribution in [0.1, 0.15) is 25.3 Å². The van der Waals surface area contributed by atoms with Crippen LogP contribution < -0.4 is 5.32 Å². The van der Waals surface area contributed by atoms with Gasteiger partial charge < -0.3 is 14.8 Å². The summed E-state index contributed by atoms with van der Waals surface area (Å²) in [4.78, 5) is 11.4. The maximum atomic E-state index is 11.4. The number of carbonyl (C=O) groups excluding carboxylic acids is 1. The standard InChI is InChI=1S/C14H19NO3/c1-2-6-12-13(18-12)9-15-14(16)17-10-11-7-4-3-5-8-11/h3-5,7-8,12-13H,2,6,9-10H2,1H3,(H,15,16)/t12?,13-/m0/s1. The SMILES string of the molecule is CCCC1O[C@H]1CNC(=O)OCc1ccccc1. The molecule has 0 aromatic heterocycles. The third-order valence-corrected chi connectivity index (χ3v) is 2.92. The molecule has 1 heterocycles. The van der Waals surface area contributed by atoms with Crippen LogP contribution in [0.4, 0.5) is 4.79 Å². The fourth-order valence-corrected chi connectivity index (χ4v) is 1.86. The average Bonchev–Trinajstić information content (AvgIpc) is 3.14. The fraction of sp³-hybridized carbons (Fsp3) is 0.500. The molecule has 0 aliphatic carbocycles. The van der Waals surface area contributed by atoms with Gasteiger partial charge in [-0.1, -0.05) is 43.7 Å². The van der Waals surface area contributed by atoms with E-state index in [0.717, 1.165) is 18.4 Å². The smallest absolute Gasteiger partial charge is 0.407 e.